The fourth-order valence-electron chi connectivity index (χ4n) is 1.94. The first-order valence-electron chi connectivity index (χ1n) is 7.61. The van der Waals surface area contributed by atoms with Crippen molar-refractivity contribution in [2.45, 2.75) is 72.6 Å². The molecule has 0 aliphatic heterocycles. The monoisotopic (exact) mass is 264 g/mol. The summed E-state index contributed by atoms with van der Waals surface area (Å²) in [5.41, 5.74) is 4.39. The summed E-state index contributed by atoms with van der Waals surface area (Å²) in [4.78, 5) is 0. The number of aliphatic hydroxyl groups is 1. The molecule has 0 amide bonds. The molecule has 0 aromatic heterocycles. The summed E-state index contributed by atoms with van der Waals surface area (Å²) in [6.07, 6.45) is 14.8. The van der Waals surface area contributed by atoms with E-state index in [0.29, 0.717) is 6.61 Å². The van der Waals surface area contributed by atoms with Crippen molar-refractivity contribution in [1.82, 2.24) is 0 Å². The maximum absolute atomic E-state index is 8.71. The van der Waals surface area contributed by atoms with Crippen molar-refractivity contribution in [2.24, 2.45) is 0 Å². The Balaban J connectivity index is 3.77. The molecular weight excluding hydrogens is 232 g/mol. The van der Waals surface area contributed by atoms with Crippen molar-refractivity contribution in [1.29, 1.82) is 0 Å². The van der Waals surface area contributed by atoms with E-state index in [-0.39, 0.29) is 0 Å². The van der Waals surface area contributed by atoms with Gasteiger partial charge in [0.15, 0.2) is 0 Å². The highest BCUT2D eigenvalue weighted by Crippen LogP contribution is 2.12. The van der Waals surface area contributed by atoms with Gasteiger partial charge in [-0.1, -0.05) is 34.9 Å². The van der Waals surface area contributed by atoms with Gasteiger partial charge < -0.3 is 5.11 Å². The molecule has 0 aromatic rings. The van der Waals surface area contributed by atoms with E-state index in [1.807, 2.05) is 0 Å². The molecule has 1 nitrogen and oxygen atoms in total. The molecule has 0 fully saturated rings. The SMILES string of the molecule is CC(C)=CCCC(C)=CCCC(C)=CCCCCO. The van der Waals surface area contributed by atoms with Crippen LogP contribution in [0.2, 0.25) is 0 Å². The fraction of sp³-hybridized carbons (Fsp3) is 0.667. The van der Waals surface area contributed by atoms with Gasteiger partial charge >= 0.3 is 0 Å². The van der Waals surface area contributed by atoms with Crippen LogP contribution in [0.15, 0.2) is 34.9 Å². The largest absolute Gasteiger partial charge is 0.396 e. The fourth-order valence-corrected chi connectivity index (χ4v) is 1.94. The van der Waals surface area contributed by atoms with E-state index >= 15 is 0 Å². The average molecular weight is 264 g/mol. The van der Waals surface area contributed by atoms with Crippen LogP contribution in [0.25, 0.3) is 0 Å². The zero-order valence-electron chi connectivity index (χ0n) is 13.3. The Bertz CT molecular complexity index is 304. The predicted octanol–water partition coefficient (Wildman–Crippen LogP) is 5.57. The number of aliphatic hydroxyl groups excluding tert-OH is 1. The minimum absolute atomic E-state index is 0.320. The van der Waals surface area contributed by atoms with E-state index in [1.54, 1.807) is 0 Å². The van der Waals surface area contributed by atoms with E-state index in [2.05, 4.69) is 45.9 Å². The zero-order chi connectivity index (χ0) is 14.5. The van der Waals surface area contributed by atoms with E-state index in [1.165, 1.54) is 36.0 Å². The number of allylic oxidation sites excluding steroid dienone is 6. The standard InChI is InChI=1S/C18H32O/c1-16(2)10-8-12-18(4)14-9-13-17(3)11-6-5-7-15-19/h10-11,14,19H,5-9,12-13,15H2,1-4H3. The zero-order valence-corrected chi connectivity index (χ0v) is 13.3. The number of unbranched alkanes of at least 4 members (excludes halogenated alkanes) is 2. The van der Waals surface area contributed by atoms with Crippen LogP contribution in [-0.2, 0) is 0 Å². The Morgan fingerprint density at radius 2 is 1.26 bits per heavy atom. The smallest absolute Gasteiger partial charge is 0.0431 e. The molecule has 0 aromatic carbocycles. The number of rotatable bonds is 10. The van der Waals surface area contributed by atoms with E-state index in [0.717, 1.165) is 25.7 Å². The van der Waals surface area contributed by atoms with Gasteiger partial charge in [0, 0.05) is 6.61 Å². The van der Waals surface area contributed by atoms with Gasteiger partial charge in [-0.2, -0.15) is 0 Å². The van der Waals surface area contributed by atoms with Crippen LogP contribution >= 0.6 is 0 Å². The highest BCUT2D eigenvalue weighted by Gasteiger charge is 1.92. The second kappa shape index (κ2) is 12.2. The lowest BCUT2D eigenvalue weighted by Crippen LogP contribution is -1.83. The Morgan fingerprint density at radius 1 is 0.737 bits per heavy atom. The van der Waals surface area contributed by atoms with Crippen LogP contribution in [0.5, 0.6) is 0 Å². The van der Waals surface area contributed by atoms with Crippen molar-refractivity contribution in [2.75, 3.05) is 6.61 Å². The summed E-state index contributed by atoms with van der Waals surface area (Å²) in [7, 11) is 0. The summed E-state index contributed by atoms with van der Waals surface area (Å²) in [5.74, 6) is 0. The number of hydrogen-bond donors (Lipinski definition) is 1. The van der Waals surface area contributed by atoms with Gasteiger partial charge in [0.2, 0.25) is 0 Å². The molecular formula is C18H32O. The van der Waals surface area contributed by atoms with Gasteiger partial charge in [0.25, 0.3) is 0 Å². The van der Waals surface area contributed by atoms with Crippen LogP contribution in [0.1, 0.15) is 72.6 Å². The van der Waals surface area contributed by atoms with Crippen LogP contribution in [0.3, 0.4) is 0 Å². The van der Waals surface area contributed by atoms with Crippen LogP contribution in [0.4, 0.5) is 0 Å². The molecule has 0 aliphatic rings. The van der Waals surface area contributed by atoms with Crippen molar-refractivity contribution in [3.63, 3.8) is 0 Å². The van der Waals surface area contributed by atoms with Gasteiger partial charge in [-0.15, -0.1) is 0 Å². The lowest BCUT2D eigenvalue weighted by molar-refractivity contribution is 0.285. The summed E-state index contributed by atoms with van der Waals surface area (Å²) < 4.78 is 0. The lowest BCUT2D eigenvalue weighted by Gasteiger charge is -2.01. The Morgan fingerprint density at radius 3 is 1.79 bits per heavy atom. The first-order chi connectivity index (χ1) is 9.06. The molecule has 0 atom stereocenters. The van der Waals surface area contributed by atoms with Gasteiger partial charge in [-0.25, -0.2) is 0 Å². The molecule has 0 radical (unpaired) electrons. The summed E-state index contributed by atoms with van der Waals surface area (Å²) >= 11 is 0. The second-order valence-corrected chi connectivity index (χ2v) is 5.68. The third kappa shape index (κ3) is 13.4. The van der Waals surface area contributed by atoms with E-state index < -0.39 is 0 Å². The molecule has 0 rings (SSSR count). The number of hydrogen-bond acceptors (Lipinski definition) is 1. The Labute approximate surface area is 120 Å². The highest BCUT2D eigenvalue weighted by molar-refractivity contribution is 5.05. The molecule has 1 N–H and O–H groups in total. The maximum atomic E-state index is 8.71. The average Bonchev–Trinajstić information content (AvgIpc) is 2.34. The molecule has 0 heterocycles. The Kier molecular flexibility index (Phi) is 11.7. The van der Waals surface area contributed by atoms with Crippen molar-refractivity contribution in [3.8, 4) is 0 Å². The van der Waals surface area contributed by atoms with E-state index in [9.17, 15) is 0 Å². The highest BCUT2D eigenvalue weighted by atomic mass is 16.2. The first-order valence-corrected chi connectivity index (χ1v) is 7.61. The van der Waals surface area contributed by atoms with Gasteiger partial charge in [-0.3, -0.25) is 0 Å². The molecule has 0 bridgehead atoms. The quantitative estimate of drug-likeness (QED) is 0.404. The summed E-state index contributed by atoms with van der Waals surface area (Å²) in [6, 6.07) is 0. The third-order valence-electron chi connectivity index (χ3n) is 3.23. The molecule has 1 heteroatoms. The third-order valence-corrected chi connectivity index (χ3v) is 3.23. The Hall–Kier alpha value is -0.820. The van der Waals surface area contributed by atoms with Gasteiger partial charge in [0.1, 0.15) is 0 Å². The molecule has 0 saturated heterocycles. The molecule has 0 spiro atoms. The van der Waals surface area contributed by atoms with Crippen LogP contribution in [0, 0.1) is 0 Å². The van der Waals surface area contributed by atoms with Crippen molar-refractivity contribution < 1.29 is 5.11 Å². The normalized spacial score (nSPS) is 12.7. The molecule has 0 saturated carbocycles. The van der Waals surface area contributed by atoms with Crippen LogP contribution in [-0.4, -0.2) is 11.7 Å². The van der Waals surface area contributed by atoms with Crippen molar-refractivity contribution in [3.05, 3.63) is 34.9 Å². The minimum atomic E-state index is 0.320. The van der Waals surface area contributed by atoms with E-state index in [4.69, 9.17) is 5.11 Å². The van der Waals surface area contributed by atoms with Crippen LogP contribution < -0.4 is 0 Å². The summed E-state index contributed by atoms with van der Waals surface area (Å²) in [6.45, 7) is 9.08. The molecule has 0 unspecified atom stereocenters. The predicted molar refractivity (Wildman–Crippen MR) is 86.3 cm³/mol. The molecule has 19 heavy (non-hydrogen) atoms. The summed E-state index contributed by atoms with van der Waals surface area (Å²) in [5, 5.41) is 8.71. The molecule has 0 aliphatic carbocycles. The molecule has 110 valence electrons. The van der Waals surface area contributed by atoms with Gasteiger partial charge in [-0.05, 0) is 72.6 Å². The maximum Gasteiger partial charge on any atom is 0.0431 e. The van der Waals surface area contributed by atoms with Crippen molar-refractivity contribution >= 4 is 0 Å². The first kappa shape index (κ1) is 18.2. The topological polar surface area (TPSA) is 20.2 Å². The minimum Gasteiger partial charge on any atom is -0.396 e. The second-order valence-electron chi connectivity index (χ2n) is 5.68. The van der Waals surface area contributed by atoms with Gasteiger partial charge in [0.05, 0.1) is 0 Å². The lowest BCUT2D eigenvalue weighted by atomic mass is 10.1.